The Bertz CT molecular complexity index is 516. The van der Waals surface area contributed by atoms with Gasteiger partial charge in [0, 0.05) is 0 Å². The summed E-state index contributed by atoms with van der Waals surface area (Å²) in [5.74, 6) is 5.15. The van der Waals surface area contributed by atoms with Gasteiger partial charge in [-0.1, -0.05) is 54.1 Å². The lowest BCUT2D eigenvalue weighted by Gasteiger charge is -2.17. The van der Waals surface area contributed by atoms with E-state index in [4.69, 9.17) is 17.4 Å². The molecule has 1 unspecified atom stereocenters. The maximum Gasteiger partial charge on any atom is 0.142 e. The molecule has 4 heteroatoms. The van der Waals surface area contributed by atoms with Gasteiger partial charge in [-0.25, -0.2) is 4.39 Å². The van der Waals surface area contributed by atoms with Gasteiger partial charge in [-0.15, -0.1) is 0 Å². The second kappa shape index (κ2) is 5.96. The normalized spacial score (nSPS) is 12.4. The SMILES string of the molecule is NNC(Cc1cccc(F)c1Cl)c1ccccc1. The van der Waals surface area contributed by atoms with Crippen LogP contribution in [0.2, 0.25) is 5.02 Å². The summed E-state index contributed by atoms with van der Waals surface area (Å²) in [5, 5.41) is 0.161. The van der Waals surface area contributed by atoms with Gasteiger partial charge in [-0.3, -0.25) is 11.3 Å². The summed E-state index contributed by atoms with van der Waals surface area (Å²) in [6.45, 7) is 0. The third-order valence-electron chi connectivity index (χ3n) is 2.86. The van der Waals surface area contributed by atoms with Crippen molar-refractivity contribution in [3.8, 4) is 0 Å². The van der Waals surface area contributed by atoms with E-state index < -0.39 is 5.82 Å². The second-order valence-electron chi connectivity index (χ2n) is 4.05. The maximum absolute atomic E-state index is 13.4. The first-order valence-corrected chi connectivity index (χ1v) is 6.04. The number of nitrogens with two attached hydrogens (primary N) is 1. The first-order chi connectivity index (χ1) is 8.72. The lowest BCUT2D eigenvalue weighted by Crippen LogP contribution is -2.29. The molecule has 18 heavy (non-hydrogen) atoms. The van der Waals surface area contributed by atoms with Crippen LogP contribution in [0.25, 0.3) is 0 Å². The molecule has 0 saturated carbocycles. The zero-order valence-corrected chi connectivity index (χ0v) is 10.5. The lowest BCUT2D eigenvalue weighted by atomic mass is 9.99. The Balaban J connectivity index is 2.24. The molecular formula is C14H14ClFN2. The largest absolute Gasteiger partial charge is 0.271 e. The Hall–Kier alpha value is -1.42. The van der Waals surface area contributed by atoms with E-state index >= 15 is 0 Å². The van der Waals surface area contributed by atoms with Crippen molar-refractivity contribution < 1.29 is 4.39 Å². The van der Waals surface area contributed by atoms with Crippen molar-refractivity contribution in [2.75, 3.05) is 0 Å². The van der Waals surface area contributed by atoms with Crippen LogP contribution in [0.3, 0.4) is 0 Å². The molecule has 0 aliphatic rings. The van der Waals surface area contributed by atoms with Crippen molar-refractivity contribution in [2.24, 2.45) is 5.84 Å². The maximum atomic E-state index is 13.4. The fourth-order valence-electron chi connectivity index (χ4n) is 1.88. The van der Waals surface area contributed by atoms with Crippen LogP contribution < -0.4 is 11.3 Å². The summed E-state index contributed by atoms with van der Waals surface area (Å²) in [7, 11) is 0. The Labute approximate surface area is 111 Å². The molecular weight excluding hydrogens is 251 g/mol. The molecule has 0 saturated heterocycles. The van der Waals surface area contributed by atoms with Gasteiger partial charge in [-0.2, -0.15) is 0 Å². The van der Waals surface area contributed by atoms with Crippen molar-refractivity contribution in [1.29, 1.82) is 0 Å². The fourth-order valence-corrected chi connectivity index (χ4v) is 2.09. The van der Waals surface area contributed by atoms with E-state index in [1.54, 1.807) is 12.1 Å². The van der Waals surface area contributed by atoms with Gasteiger partial charge in [0.25, 0.3) is 0 Å². The van der Waals surface area contributed by atoms with E-state index in [-0.39, 0.29) is 11.1 Å². The highest BCUT2D eigenvalue weighted by atomic mass is 35.5. The molecule has 0 amide bonds. The van der Waals surface area contributed by atoms with Crippen LogP contribution in [-0.2, 0) is 6.42 Å². The molecule has 2 aromatic carbocycles. The van der Waals surface area contributed by atoms with Crippen LogP contribution in [0.5, 0.6) is 0 Å². The van der Waals surface area contributed by atoms with E-state index in [1.165, 1.54) is 6.07 Å². The van der Waals surface area contributed by atoms with Crippen LogP contribution in [0.1, 0.15) is 17.2 Å². The van der Waals surface area contributed by atoms with Gasteiger partial charge in [-0.05, 0) is 23.6 Å². The third kappa shape index (κ3) is 2.88. The van der Waals surface area contributed by atoms with Crippen molar-refractivity contribution >= 4 is 11.6 Å². The number of hydrogen-bond donors (Lipinski definition) is 2. The molecule has 0 heterocycles. The van der Waals surface area contributed by atoms with Crippen molar-refractivity contribution in [2.45, 2.75) is 12.5 Å². The highest BCUT2D eigenvalue weighted by molar-refractivity contribution is 6.31. The molecule has 0 bridgehead atoms. The van der Waals surface area contributed by atoms with Crippen molar-refractivity contribution in [3.63, 3.8) is 0 Å². The Morgan fingerprint density at radius 1 is 1.11 bits per heavy atom. The highest BCUT2D eigenvalue weighted by Crippen LogP contribution is 2.25. The lowest BCUT2D eigenvalue weighted by molar-refractivity contribution is 0.549. The van der Waals surface area contributed by atoms with Gasteiger partial charge in [0.1, 0.15) is 5.82 Å². The predicted molar refractivity (Wildman–Crippen MR) is 71.6 cm³/mol. The summed E-state index contributed by atoms with van der Waals surface area (Å²) in [6, 6.07) is 14.5. The average Bonchev–Trinajstić information content (AvgIpc) is 2.41. The number of halogens is 2. The van der Waals surface area contributed by atoms with Crippen LogP contribution in [0.15, 0.2) is 48.5 Å². The Morgan fingerprint density at radius 2 is 1.83 bits per heavy atom. The minimum Gasteiger partial charge on any atom is -0.271 e. The summed E-state index contributed by atoms with van der Waals surface area (Å²) in [5.41, 5.74) is 4.51. The first kappa shape index (κ1) is 13.0. The number of rotatable bonds is 4. The zero-order chi connectivity index (χ0) is 13.0. The number of hydrogen-bond acceptors (Lipinski definition) is 2. The van der Waals surface area contributed by atoms with E-state index in [1.807, 2.05) is 30.3 Å². The van der Waals surface area contributed by atoms with Crippen molar-refractivity contribution in [1.82, 2.24) is 5.43 Å². The molecule has 2 nitrogen and oxygen atoms in total. The van der Waals surface area contributed by atoms with Crippen LogP contribution in [-0.4, -0.2) is 0 Å². The van der Waals surface area contributed by atoms with E-state index in [2.05, 4.69) is 5.43 Å². The molecule has 0 aromatic heterocycles. The van der Waals surface area contributed by atoms with Gasteiger partial charge in [0.05, 0.1) is 11.1 Å². The molecule has 0 spiro atoms. The predicted octanol–water partition coefficient (Wildman–Crippen LogP) is 3.23. The highest BCUT2D eigenvalue weighted by Gasteiger charge is 2.13. The second-order valence-corrected chi connectivity index (χ2v) is 4.42. The van der Waals surface area contributed by atoms with Gasteiger partial charge in [0.15, 0.2) is 0 Å². The molecule has 1 atom stereocenters. The van der Waals surface area contributed by atoms with Crippen LogP contribution in [0.4, 0.5) is 4.39 Å². The molecule has 0 aliphatic carbocycles. The minimum atomic E-state index is -0.405. The molecule has 0 fully saturated rings. The van der Waals surface area contributed by atoms with E-state index in [9.17, 15) is 4.39 Å². The topological polar surface area (TPSA) is 38.0 Å². The summed E-state index contributed by atoms with van der Waals surface area (Å²) < 4.78 is 13.4. The summed E-state index contributed by atoms with van der Waals surface area (Å²) >= 11 is 5.94. The average molecular weight is 265 g/mol. The van der Waals surface area contributed by atoms with Gasteiger partial charge < -0.3 is 0 Å². The fraction of sp³-hybridized carbons (Fsp3) is 0.143. The molecule has 0 radical (unpaired) electrons. The Kier molecular flexibility index (Phi) is 4.31. The first-order valence-electron chi connectivity index (χ1n) is 5.66. The van der Waals surface area contributed by atoms with Gasteiger partial charge >= 0.3 is 0 Å². The Morgan fingerprint density at radius 3 is 2.50 bits per heavy atom. The van der Waals surface area contributed by atoms with Gasteiger partial charge in [0.2, 0.25) is 0 Å². The minimum absolute atomic E-state index is 0.0921. The zero-order valence-electron chi connectivity index (χ0n) is 9.74. The van der Waals surface area contributed by atoms with E-state index in [0.717, 1.165) is 11.1 Å². The molecule has 2 aromatic rings. The monoisotopic (exact) mass is 264 g/mol. The number of benzene rings is 2. The standard InChI is InChI=1S/C14H14ClFN2/c15-14-11(7-4-8-12(14)16)9-13(18-17)10-5-2-1-3-6-10/h1-8,13,18H,9,17H2. The number of nitrogens with one attached hydrogen (secondary N) is 1. The molecule has 3 N–H and O–H groups in total. The summed E-state index contributed by atoms with van der Waals surface area (Å²) in [6.07, 6.45) is 0.539. The quantitative estimate of drug-likeness (QED) is 0.657. The molecule has 2 rings (SSSR count). The molecule has 94 valence electrons. The smallest absolute Gasteiger partial charge is 0.142 e. The third-order valence-corrected chi connectivity index (χ3v) is 3.28. The molecule has 0 aliphatic heterocycles. The number of hydrazine groups is 1. The van der Waals surface area contributed by atoms with Crippen LogP contribution >= 0.6 is 11.6 Å². The van der Waals surface area contributed by atoms with E-state index in [0.29, 0.717) is 6.42 Å². The van der Waals surface area contributed by atoms with Crippen LogP contribution in [0, 0.1) is 5.82 Å². The summed E-state index contributed by atoms with van der Waals surface area (Å²) in [4.78, 5) is 0. The van der Waals surface area contributed by atoms with Crippen molar-refractivity contribution in [3.05, 3.63) is 70.5 Å².